The van der Waals surface area contributed by atoms with Crippen molar-refractivity contribution < 1.29 is 0 Å². The summed E-state index contributed by atoms with van der Waals surface area (Å²) in [5.41, 5.74) is 8.56. The van der Waals surface area contributed by atoms with Crippen molar-refractivity contribution in [3.63, 3.8) is 0 Å². The molecule has 2 N–H and O–H groups in total. The fourth-order valence-corrected chi connectivity index (χ4v) is 2.79. The fraction of sp³-hybridized carbons (Fsp3) is 0.211. The van der Waals surface area contributed by atoms with Crippen LogP contribution in [0.15, 0.2) is 48.3 Å². The van der Waals surface area contributed by atoms with Crippen LogP contribution in [0.25, 0.3) is 10.9 Å². The normalized spacial score (nSPS) is 13.4. The monoisotopic (exact) mass is 332 g/mol. The maximum atomic E-state index is 4.67. The molecule has 0 fully saturated rings. The van der Waals surface area contributed by atoms with Gasteiger partial charge in [-0.15, -0.1) is 0 Å². The number of fused-ring (bicyclic) bond motifs is 1. The van der Waals surface area contributed by atoms with Gasteiger partial charge in [0, 0.05) is 29.2 Å². The third kappa shape index (κ3) is 3.24. The van der Waals surface area contributed by atoms with Gasteiger partial charge >= 0.3 is 0 Å². The van der Waals surface area contributed by atoms with Crippen LogP contribution in [0.3, 0.4) is 0 Å². The summed E-state index contributed by atoms with van der Waals surface area (Å²) in [6.07, 6.45) is 3.89. The maximum absolute atomic E-state index is 4.67. The number of anilines is 3. The van der Waals surface area contributed by atoms with Gasteiger partial charge in [-0.1, -0.05) is 17.7 Å². The third-order valence-electron chi connectivity index (χ3n) is 4.05. The lowest BCUT2D eigenvalue weighted by Gasteiger charge is -2.30. The second-order valence-electron chi connectivity index (χ2n) is 6.45. The van der Waals surface area contributed by atoms with Crippen molar-refractivity contribution in [1.29, 1.82) is 0 Å². The van der Waals surface area contributed by atoms with Gasteiger partial charge in [0.05, 0.1) is 6.54 Å². The first-order valence-corrected chi connectivity index (χ1v) is 8.25. The second-order valence-corrected chi connectivity index (χ2v) is 6.45. The van der Waals surface area contributed by atoms with E-state index >= 15 is 0 Å². The van der Waals surface area contributed by atoms with E-state index in [2.05, 4.69) is 57.9 Å². The quantitative estimate of drug-likeness (QED) is 0.754. The van der Waals surface area contributed by atoms with Gasteiger partial charge in [-0.05, 0) is 44.5 Å². The summed E-state index contributed by atoms with van der Waals surface area (Å²) in [6, 6.07) is 10.1. The molecule has 126 valence electrons. The van der Waals surface area contributed by atoms with E-state index in [9.17, 15) is 0 Å². The Balaban J connectivity index is 1.68. The number of pyridine rings is 1. The molecule has 6 heteroatoms. The number of aryl methyl sites for hydroxylation is 2. The maximum Gasteiger partial charge on any atom is 0.227 e. The zero-order chi connectivity index (χ0) is 17.4. The van der Waals surface area contributed by atoms with Crippen molar-refractivity contribution >= 4 is 28.4 Å². The van der Waals surface area contributed by atoms with Crippen molar-refractivity contribution in [3.8, 4) is 0 Å². The molecular weight excluding hydrogens is 312 g/mol. The summed E-state index contributed by atoms with van der Waals surface area (Å²) in [5.74, 6) is 1.30. The molecule has 3 aromatic rings. The Morgan fingerprint density at radius 3 is 2.52 bits per heavy atom. The van der Waals surface area contributed by atoms with Crippen LogP contribution in [-0.4, -0.2) is 26.5 Å². The highest BCUT2D eigenvalue weighted by molar-refractivity contribution is 5.88. The molecule has 0 bridgehead atoms. The molecule has 0 aliphatic carbocycles. The number of nitrogens with one attached hydrogen (secondary N) is 2. The van der Waals surface area contributed by atoms with Gasteiger partial charge in [0.15, 0.2) is 5.82 Å². The molecule has 0 atom stereocenters. The van der Waals surface area contributed by atoms with E-state index in [1.807, 2.05) is 36.3 Å². The number of hydrogen-bond donors (Lipinski definition) is 2. The fourth-order valence-electron chi connectivity index (χ4n) is 2.79. The van der Waals surface area contributed by atoms with Crippen molar-refractivity contribution in [3.05, 3.63) is 59.6 Å². The van der Waals surface area contributed by atoms with Crippen LogP contribution < -0.4 is 10.7 Å². The molecule has 1 aromatic carbocycles. The Morgan fingerprint density at radius 1 is 1.04 bits per heavy atom. The molecule has 1 aliphatic rings. The highest BCUT2D eigenvalue weighted by atomic mass is 15.5. The molecule has 1 aliphatic heterocycles. The topological polar surface area (TPSA) is 66.0 Å². The van der Waals surface area contributed by atoms with Crippen LogP contribution in [0.2, 0.25) is 0 Å². The van der Waals surface area contributed by atoms with E-state index in [0.29, 0.717) is 5.95 Å². The van der Waals surface area contributed by atoms with Crippen LogP contribution in [0.5, 0.6) is 0 Å². The number of hydrazine groups is 1. The van der Waals surface area contributed by atoms with Crippen LogP contribution >= 0.6 is 0 Å². The van der Waals surface area contributed by atoms with Crippen molar-refractivity contribution in [1.82, 2.24) is 20.0 Å². The Morgan fingerprint density at radius 2 is 1.80 bits per heavy atom. The Bertz CT molecular complexity index is 962. The standard InChI is InChI=1S/C19H20N6/c1-12-4-6-16(7-5-12)22-19-20-9-15-8-14(3)21-18(17(15)23-19)24-25-10-13(2)11-25/h4-10H,11H2,1-3H3,(H,21,24)(H,20,22,23). The van der Waals surface area contributed by atoms with Crippen LogP contribution in [-0.2, 0) is 0 Å². The molecule has 3 heterocycles. The van der Waals surface area contributed by atoms with Crippen molar-refractivity contribution in [2.75, 3.05) is 17.3 Å². The average Bonchev–Trinajstić information content (AvgIpc) is 2.56. The van der Waals surface area contributed by atoms with E-state index in [-0.39, 0.29) is 0 Å². The summed E-state index contributed by atoms with van der Waals surface area (Å²) < 4.78 is 0. The van der Waals surface area contributed by atoms with Gasteiger partial charge < -0.3 is 5.32 Å². The minimum absolute atomic E-state index is 0.556. The molecule has 25 heavy (non-hydrogen) atoms. The lowest BCUT2D eigenvalue weighted by molar-refractivity contribution is 0.426. The molecule has 6 nitrogen and oxygen atoms in total. The predicted molar refractivity (Wildman–Crippen MR) is 101 cm³/mol. The molecule has 0 amide bonds. The Kier molecular flexibility index (Phi) is 3.72. The van der Waals surface area contributed by atoms with Gasteiger partial charge in [-0.2, -0.15) is 0 Å². The number of hydrogen-bond acceptors (Lipinski definition) is 6. The van der Waals surface area contributed by atoms with Gasteiger partial charge in [-0.3, -0.25) is 10.4 Å². The first kappa shape index (κ1) is 15.4. The summed E-state index contributed by atoms with van der Waals surface area (Å²) in [6.45, 7) is 7.02. The zero-order valence-electron chi connectivity index (χ0n) is 14.5. The van der Waals surface area contributed by atoms with Crippen molar-refractivity contribution in [2.24, 2.45) is 0 Å². The van der Waals surface area contributed by atoms with Gasteiger partial charge in [-0.25, -0.2) is 15.0 Å². The van der Waals surface area contributed by atoms with Gasteiger partial charge in [0.25, 0.3) is 0 Å². The number of benzene rings is 1. The van der Waals surface area contributed by atoms with Crippen LogP contribution in [0.1, 0.15) is 18.2 Å². The largest absolute Gasteiger partial charge is 0.324 e. The van der Waals surface area contributed by atoms with Gasteiger partial charge in [0.1, 0.15) is 5.52 Å². The minimum Gasteiger partial charge on any atom is -0.324 e. The van der Waals surface area contributed by atoms with E-state index in [0.717, 1.165) is 34.6 Å². The summed E-state index contributed by atoms with van der Waals surface area (Å²) in [5, 5.41) is 6.22. The molecule has 4 rings (SSSR count). The highest BCUT2D eigenvalue weighted by Crippen LogP contribution is 2.24. The van der Waals surface area contributed by atoms with E-state index in [1.54, 1.807) is 0 Å². The van der Waals surface area contributed by atoms with E-state index < -0.39 is 0 Å². The Hall–Kier alpha value is -3.15. The summed E-state index contributed by atoms with van der Waals surface area (Å²) in [4.78, 5) is 13.7. The van der Waals surface area contributed by atoms with Crippen molar-refractivity contribution in [2.45, 2.75) is 20.8 Å². The predicted octanol–water partition coefficient (Wildman–Crippen LogP) is 3.93. The first-order chi connectivity index (χ1) is 12.1. The highest BCUT2D eigenvalue weighted by Gasteiger charge is 2.15. The third-order valence-corrected chi connectivity index (χ3v) is 4.05. The molecule has 0 spiro atoms. The molecular formula is C19H20N6. The molecule has 0 saturated heterocycles. The average molecular weight is 332 g/mol. The molecule has 0 radical (unpaired) electrons. The Labute approximate surface area is 146 Å². The van der Waals surface area contributed by atoms with Gasteiger partial charge in [0.2, 0.25) is 5.95 Å². The zero-order valence-corrected chi connectivity index (χ0v) is 14.5. The van der Waals surface area contributed by atoms with Crippen LogP contribution in [0.4, 0.5) is 17.5 Å². The minimum atomic E-state index is 0.556. The SMILES string of the molecule is CC1=CN(Nc2nc(C)cc3cnc(Nc4ccc(C)cc4)nc23)C1. The first-order valence-electron chi connectivity index (χ1n) is 8.25. The second kappa shape index (κ2) is 6.05. The summed E-state index contributed by atoms with van der Waals surface area (Å²) >= 11 is 0. The number of nitrogens with zero attached hydrogens (tertiary/aromatic N) is 4. The van der Waals surface area contributed by atoms with E-state index in [1.165, 1.54) is 11.1 Å². The lowest BCUT2D eigenvalue weighted by atomic mass is 10.2. The molecule has 0 unspecified atom stereocenters. The number of rotatable bonds is 4. The smallest absolute Gasteiger partial charge is 0.227 e. The van der Waals surface area contributed by atoms with Crippen LogP contribution in [0, 0.1) is 13.8 Å². The lowest BCUT2D eigenvalue weighted by Crippen LogP contribution is -2.34. The number of aromatic nitrogens is 3. The summed E-state index contributed by atoms with van der Waals surface area (Å²) in [7, 11) is 0. The van der Waals surface area contributed by atoms with E-state index in [4.69, 9.17) is 0 Å². The molecule has 2 aromatic heterocycles. The molecule has 0 saturated carbocycles.